The number of hydrogen-bond donors (Lipinski definition) is 4. The van der Waals surface area contributed by atoms with E-state index in [2.05, 4.69) is 22.8 Å². The molecule has 0 aromatic heterocycles. The fraction of sp³-hybridized carbons (Fsp3) is 0.625. The molecule has 2 saturated heterocycles. The predicted molar refractivity (Wildman–Crippen MR) is 115 cm³/mol. The van der Waals surface area contributed by atoms with E-state index in [4.69, 9.17) is 14.2 Å². The summed E-state index contributed by atoms with van der Waals surface area (Å²) in [5.41, 5.74) is 1.76. The van der Waals surface area contributed by atoms with Gasteiger partial charge < -0.3 is 44.3 Å². The smallest absolute Gasteiger partial charge is 0.337 e. The maximum Gasteiger partial charge on any atom is 0.337 e. The molecule has 2 bridgehead atoms. The molecule has 0 amide bonds. The molecule has 2 aliphatic carbocycles. The summed E-state index contributed by atoms with van der Waals surface area (Å²) in [5.74, 6) is -0.176. The Bertz CT molecular complexity index is 1060. The number of carbonyl (C=O) groups is 1. The van der Waals surface area contributed by atoms with Crippen molar-refractivity contribution in [3.63, 3.8) is 0 Å². The van der Waals surface area contributed by atoms with E-state index < -0.39 is 54.3 Å². The molecule has 1 spiro atoms. The second-order valence-electron chi connectivity index (χ2n) is 9.96. The number of phenols is 1. The molecule has 5 aliphatic rings. The first-order valence-corrected chi connectivity index (χ1v) is 11.6. The van der Waals surface area contributed by atoms with Crippen LogP contribution in [0.15, 0.2) is 24.3 Å². The number of hydrogen-bond acceptors (Lipinski definition) is 10. The number of methoxy groups -OCH3 is 1. The van der Waals surface area contributed by atoms with Gasteiger partial charge >= 0.3 is 5.97 Å². The number of aromatic hydroxyl groups is 1. The Kier molecular flexibility index (Phi) is 14.7. The molecule has 14 heteroatoms. The quantitative estimate of drug-likeness (QED) is 0.225. The van der Waals surface area contributed by atoms with E-state index in [9.17, 15) is 25.2 Å². The number of likely N-dealkylation sites (N-methyl/N-ethyl adjacent to an activating group) is 1. The molecule has 3 heterocycles. The van der Waals surface area contributed by atoms with Gasteiger partial charge in [0.2, 0.25) is 0 Å². The Morgan fingerprint density at radius 3 is 2.47 bits per heavy atom. The van der Waals surface area contributed by atoms with Crippen molar-refractivity contribution in [2.45, 2.75) is 67.2 Å². The summed E-state index contributed by atoms with van der Waals surface area (Å²) in [6.07, 6.45) is -3.40. The monoisotopic (exact) mass is 1380 g/mol. The number of aliphatic hydroxyl groups excluding tert-OH is 3. The van der Waals surface area contributed by atoms with Crippen LogP contribution in [0.4, 0.5) is 0 Å². The Hall–Kier alpha value is 3.56. The molecule has 1 aromatic carbocycles. The van der Waals surface area contributed by atoms with Crippen LogP contribution in [0.3, 0.4) is 0 Å². The van der Waals surface area contributed by atoms with Crippen molar-refractivity contribution in [3.05, 3.63) is 35.4 Å². The first-order valence-electron chi connectivity index (χ1n) is 11.6. The van der Waals surface area contributed by atoms with E-state index in [0.717, 1.165) is 37.6 Å². The molecular formula is C24H29Ac4NO9. The van der Waals surface area contributed by atoms with Crippen molar-refractivity contribution in [3.8, 4) is 11.5 Å². The van der Waals surface area contributed by atoms with Crippen molar-refractivity contribution in [1.82, 2.24) is 4.90 Å². The number of nitrogens with zero attached hydrogens (tertiary/aromatic N) is 1. The van der Waals surface area contributed by atoms with Gasteiger partial charge in [0, 0.05) is 199 Å². The van der Waals surface area contributed by atoms with E-state index in [-0.39, 0.29) is 194 Å². The van der Waals surface area contributed by atoms with Crippen molar-refractivity contribution in [2.75, 3.05) is 20.7 Å². The first-order chi connectivity index (χ1) is 16.3. The van der Waals surface area contributed by atoms with E-state index in [0.29, 0.717) is 5.75 Å². The summed E-state index contributed by atoms with van der Waals surface area (Å²) in [4.78, 5) is 14.4. The summed E-state index contributed by atoms with van der Waals surface area (Å²) in [5, 5.41) is 41.7. The van der Waals surface area contributed by atoms with Crippen LogP contribution in [0, 0.1) is 182 Å². The summed E-state index contributed by atoms with van der Waals surface area (Å²) < 4.78 is 22.8. The molecule has 10 nitrogen and oxygen atoms in total. The molecule has 4 N–H and O–H groups in total. The molecule has 196 valence electrons. The van der Waals surface area contributed by atoms with E-state index in [1.807, 2.05) is 12.1 Å². The normalized spacial score (nSPS) is 39.7. The van der Waals surface area contributed by atoms with Crippen molar-refractivity contribution in [2.24, 2.45) is 5.92 Å². The number of rotatable bonds is 3. The molecule has 4 radical (unpaired) electrons. The SMILES string of the molecule is COC(=O)[C@H]1O[C@@H](O[C@H]2C=CC3[C@H]4Cc5ccc(O)c6c5[C@@]3(CCN4C)[C@H]2O6)[C@H](O)[C@@H](O)[C@@H]1O.[Ac].[Ac].[Ac].[Ac]. The fourth-order valence-electron chi connectivity index (χ4n) is 6.76. The number of phenolic OH excluding ortho intramolecular Hbond substituents is 1. The Morgan fingerprint density at radius 1 is 1.08 bits per heavy atom. The minimum Gasteiger partial charge on any atom is -0.504 e. The number of piperidine rings is 1. The summed E-state index contributed by atoms with van der Waals surface area (Å²) >= 11 is 0. The third kappa shape index (κ3) is 5.93. The zero-order valence-electron chi connectivity index (χ0n) is 21.2. The van der Waals surface area contributed by atoms with E-state index in [1.54, 1.807) is 6.07 Å². The first kappa shape index (κ1) is 37.7. The van der Waals surface area contributed by atoms with Crippen molar-refractivity contribution in [1.29, 1.82) is 0 Å². The number of aliphatic hydroxyl groups is 3. The van der Waals surface area contributed by atoms with Gasteiger partial charge in [0.15, 0.2) is 23.9 Å². The zero-order valence-corrected chi connectivity index (χ0v) is 40.2. The topological polar surface area (TPSA) is 138 Å². The van der Waals surface area contributed by atoms with Crippen LogP contribution < -0.4 is 4.74 Å². The van der Waals surface area contributed by atoms with Gasteiger partial charge in [-0.15, -0.1) is 0 Å². The predicted octanol–water partition coefficient (Wildman–Crippen LogP) is -0.797. The minimum atomic E-state index is -1.67. The van der Waals surface area contributed by atoms with Gasteiger partial charge in [0.05, 0.1) is 7.11 Å². The Morgan fingerprint density at radius 2 is 1.79 bits per heavy atom. The number of ether oxygens (including phenoxy) is 4. The van der Waals surface area contributed by atoms with Gasteiger partial charge in [0.1, 0.15) is 30.5 Å². The van der Waals surface area contributed by atoms with Crippen LogP contribution in [0.1, 0.15) is 17.5 Å². The standard InChI is InChI=1S/C24H29NO9.4Ac/c1-25-8-7-24-11-4-6-14(32-23-18(29)16(27)17(28)20(34-23)22(30)31-2)21(24)33-19-13(26)5-3-10(15(19)24)9-12(11)25;;;;/h3-6,11-12,14,16-18,20-21,23,26-29H,7-9H2,1-2H3;;;;/t11?,12-,14+,16+,17+,18-,20+,21+,23-,24+;;;;/m1..../s1. The van der Waals surface area contributed by atoms with Gasteiger partial charge in [-0.1, -0.05) is 18.2 Å². The second-order valence-corrected chi connectivity index (χ2v) is 9.96. The van der Waals surface area contributed by atoms with Crippen LogP contribution >= 0.6 is 0 Å². The molecule has 3 aliphatic heterocycles. The number of benzene rings is 1. The van der Waals surface area contributed by atoms with Crippen molar-refractivity contribution >= 4 is 5.97 Å². The second kappa shape index (κ2) is 14.8. The third-order valence-corrected chi connectivity index (χ3v) is 8.42. The minimum absolute atomic E-state index is 0. The van der Waals surface area contributed by atoms with Gasteiger partial charge in [-0.2, -0.15) is 0 Å². The van der Waals surface area contributed by atoms with E-state index in [1.165, 1.54) is 0 Å². The van der Waals surface area contributed by atoms with Crippen LogP contribution in [-0.4, -0.2) is 101 Å². The van der Waals surface area contributed by atoms with E-state index >= 15 is 0 Å². The van der Waals surface area contributed by atoms with Crippen LogP contribution in [0.2, 0.25) is 0 Å². The van der Waals surface area contributed by atoms with Crippen LogP contribution in [-0.2, 0) is 30.8 Å². The van der Waals surface area contributed by atoms with Gasteiger partial charge in [-0.25, -0.2) is 4.79 Å². The fourth-order valence-corrected chi connectivity index (χ4v) is 6.76. The summed E-state index contributed by atoms with van der Waals surface area (Å²) in [6.45, 7) is 0.855. The summed E-state index contributed by atoms with van der Waals surface area (Å²) in [7, 11) is 3.26. The molecule has 0 saturated carbocycles. The molecule has 38 heavy (non-hydrogen) atoms. The van der Waals surface area contributed by atoms with Gasteiger partial charge in [0.25, 0.3) is 0 Å². The van der Waals surface area contributed by atoms with Gasteiger partial charge in [-0.05, 0) is 38.1 Å². The number of carbonyl (C=O) groups excluding carboxylic acids is 1. The molecule has 10 atom stereocenters. The molecule has 1 aromatic rings. The zero-order chi connectivity index (χ0) is 23.9. The maximum atomic E-state index is 12.1. The number of likely N-dealkylation sites (tertiary alicyclic amines) is 1. The maximum absolute atomic E-state index is 12.1. The average molecular weight is 1380 g/mol. The molecule has 1 unspecified atom stereocenters. The summed E-state index contributed by atoms with van der Waals surface area (Å²) in [6, 6.07) is 3.90. The van der Waals surface area contributed by atoms with Crippen LogP contribution in [0.25, 0.3) is 0 Å². The van der Waals surface area contributed by atoms with Gasteiger partial charge in [-0.3, -0.25) is 0 Å². The largest absolute Gasteiger partial charge is 0.504 e. The average Bonchev–Trinajstić information content (AvgIpc) is 3.19. The Labute approximate surface area is 364 Å². The van der Waals surface area contributed by atoms with Crippen molar-refractivity contribution < 1.29 is 220 Å². The molecular weight excluding hydrogens is 1350 g/mol. The Balaban J connectivity index is 0.00000127. The molecule has 2 fully saturated rings. The third-order valence-electron chi connectivity index (χ3n) is 8.42. The molecule has 6 rings (SSSR count). The number of esters is 1. The van der Waals surface area contributed by atoms with Crippen LogP contribution in [0.5, 0.6) is 11.5 Å².